The van der Waals surface area contributed by atoms with Crippen LogP contribution >= 0.6 is 0 Å². The molecule has 0 radical (unpaired) electrons. The molecule has 1 aromatic carbocycles. The minimum atomic E-state index is -0.155. The van der Waals surface area contributed by atoms with Gasteiger partial charge in [-0.05, 0) is 24.5 Å². The maximum atomic E-state index is 12.2. The molecule has 20 heavy (non-hydrogen) atoms. The quantitative estimate of drug-likeness (QED) is 0.781. The van der Waals surface area contributed by atoms with Gasteiger partial charge in [0.1, 0.15) is 0 Å². The number of nitrogens with zero attached hydrogens (tertiary/aromatic N) is 1. The van der Waals surface area contributed by atoms with E-state index in [0.29, 0.717) is 6.54 Å². The molecule has 0 unspecified atom stereocenters. The fourth-order valence-corrected chi connectivity index (χ4v) is 2.50. The smallest absolute Gasteiger partial charge is 0.237 e. The predicted octanol–water partition coefficient (Wildman–Crippen LogP) is 1.05. The van der Waals surface area contributed by atoms with Crippen LogP contribution in [0.1, 0.15) is 22.4 Å². The summed E-state index contributed by atoms with van der Waals surface area (Å²) >= 11 is 0. The number of carbonyl (C=O) groups is 1. The first-order valence-corrected chi connectivity index (χ1v) is 6.81. The van der Waals surface area contributed by atoms with Gasteiger partial charge in [0.15, 0.2) is 0 Å². The molecule has 1 atom stereocenters. The second kappa shape index (κ2) is 5.46. The Labute approximate surface area is 117 Å². The Kier molecular flexibility index (Phi) is 3.52. The lowest BCUT2D eigenvalue weighted by molar-refractivity contribution is -0.123. The molecule has 0 fully saturated rings. The Balaban J connectivity index is 1.60. The van der Waals surface area contributed by atoms with Gasteiger partial charge in [-0.3, -0.25) is 9.89 Å². The molecule has 0 bridgehead atoms. The van der Waals surface area contributed by atoms with Gasteiger partial charge in [-0.25, -0.2) is 0 Å². The number of aromatic amines is 1. The van der Waals surface area contributed by atoms with Crippen molar-refractivity contribution in [1.82, 2.24) is 20.8 Å². The van der Waals surface area contributed by atoms with Crippen molar-refractivity contribution in [3.8, 4) is 0 Å². The third kappa shape index (κ3) is 2.58. The second-order valence-corrected chi connectivity index (χ2v) is 5.14. The Bertz CT molecular complexity index is 620. The van der Waals surface area contributed by atoms with E-state index in [4.69, 9.17) is 0 Å². The molecular weight excluding hydrogens is 252 g/mol. The molecule has 1 aromatic heterocycles. The van der Waals surface area contributed by atoms with E-state index in [1.54, 1.807) is 6.20 Å². The number of rotatable bonds is 3. The lowest BCUT2D eigenvalue weighted by Crippen LogP contribution is -2.47. The SMILES string of the molecule is Cc1[nH]ncc1CNC(=O)[C@@H]1Cc2ccccc2CN1. The second-order valence-electron chi connectivity index (χ2n) is 5.14. The molecule has 3 rings (SSSR count). The Hall–Kier alpha value is -2.14. The van der Waals surface area contributed by atoms with Gasteiger partial charge in [-0.2, -0.15) is 5.10 Å². The largest absolute Gasteiger partial charge is 0.351 e. The van der Waals surface area contributed by atoms with Crippen LogP contribution in [0.2, 0.25) is 0 Å². The molecule has 0 spiro atoms. The van der Waals surface area contributed by atoms with E-state index >= 15 is 0 Å². The van der Waals surface area contributed by atoms with E-state index in [0.717, 1.165) is 24.2 Å². The maximum Gasteiger partial charge on any atom is 0.237 e. The first-order chi connectivity index (χ1) is 9.74. The van der Waals surface area contributed by atoms with Gasteiger partial charge in [0.05, 0.1) is 12.2 Å². The highest BCUT2D eigenvalue weighted by Crippen LogP contribution is 2.16. The summed E-state index contributed by atoms with van der Waals surface area (Å²) in [6, 6.07) is 8.09. The molecule has 104 valence electrons. The number of aryl methyl sites for hydroxylation is 1. The standard InChI is InChI=1S/C15H18N4O/c1-10-13(9-18-19-10)8-17-15(20)14-6-11-4-2-3-5-12(11)7-16-14/h2-5,9,14,16H,6-8H2,1H3,(H,17,20)(H,18,19)/t14-/m0/s1. The van der Waals surface area contributed by atoms with Crippen LogP contribution < -0.4 is 10.6 Å². The van der Waals surface area contributed by atoms with Crippen molar-refractivity contribution in [3.63, 3.8) is 0 Å². The number of nitrogens with one attached hydrogen (secondary N) is 3. The number of hydrogen-bond acceptors (Lipinski definition) is 3. The van der Waals surface area contributed by atoms with Crippen molar-refractivity contribution in [2.45, 2.75) is 32.5 Å². The summed E-state index contributed by atoms with van der Waals surface area (Å²) in [4.78, 5) is 12.2. The number of hydrogen-bond donors (Lipinski definition) is 3. The van der Waals surface area contributed by atoms with E-state index in [1.807, 2.05) is 19.1 Å². The zero-order chi connectivity index (χ0) is 13.9. The van der Waals surface area contributed by atoms with Crippen LogP contribution in [0.5, 0.6) is 0 Å². The van der Waals surface area contributed by atoms with Crippen LogP contribution in [-0.4, -0.2) is 22.1 Å². The summed E-state index contributed by atoms with van der Waals surface area (Å²) in [7, 11) is 0. The fraction of sp³-hybridized carbons (Fsp3) is 0.333. The average Bonchev–Trinajstić information content (AvgIpc) is 2.89. The predicted molar refractivity (Wildman–Crippen MR) is 75.9 cm³/mol. The molecule has 2 aromatic rings. The molecule has 5 heteroatoms. The molecule has 1 aliphatic rings. The van der Waals surface area contributed by atoms with Crippen molar-refractivity contribution < 1.29 is 4.79 Å². The van der Waals surface area contributed by atoms with Gasteiger partial charge in [0.25, 0.3) is 0 Å². The Morgan fingerprint density at radius 2 is 2.20 bits per heavy atom. The summed E-state index contributed by atoms with van der Waals surface area (Å²) in [6.45, 7) is 3.21. The van der Waals surface area contributed by atoms with Gasteiger partial charge in [-0.1, -0.05) is 24.3 Å². The molecule has 1 aliphatic heterocycles. The minimum Gasteiger partial charge on any atom is -0.351 e. The minimum absolute atomic E-state index is 0.0418. The van der Waals surface area contributed by atoms with Crippen LogP contribution in [0.25, 0.3) is 0 Å². The maximum absolute atomic E-state index is 12.2. The number of amides is 1. The van der Waals surface area contributed by atoms with Gasteiger partial charge in [0, 0.05) is 24.3 Å². The summed E-state index contributed by atoms with van der Waals surface area (Å²) in [5.41, 5.74) is 4.55. The molecule has 0 aliphatic carbocycles. The molecule has 2 heterocycles. The van der Waals surface area contributed by atoms with Crippen molar-refractivity contribution in [2.75, 3.05) is 0 Å². The van der Waals surface area contributed by atoms with Gasteiger partial charge in [-0.15, -0.1) is 0 Å². The number of fused-ring (bicyclic) bond motifs is 1. The zero-order valence-electron chi connectivity index (χ0n) is 11.4. The van der Waals surface area contributed by atoms with E-state index in [1.165, 1.54) is 11.1 Å². The lowest BCUT2D eigenvalue weighted by Gasteiger charge is -2.25. The summed E-state index contributed by atoms with van der Waals surface area (Å²) in [6.07, 6.45) is 2.49. The van der Waals surface area contributed by atoms with E-state index < -0.39 is 0 Å². The summed E-state index contributed by atoms with van der Waals surface area (Å²) in [5.74, 6) is 0.0418. The van der Waals surface area contributed by atoms with Gasteiger partial charge in [0.2, 0.25) is 5.91 Å². The first-order valence-electron chi connectivity index (χ1n) is 6.81. The van der Waals surface area contributed by atoms with Crippen LogP contribution in [-0.2, 0) is 24.3 Å². The van der Waals surface area contributed by atoms with Crippen molar-refractivity contribution in [2.24, 2.45) is 0 Å². The number of carbonyl (C=O) groups excluding carboxylic acids is 1. The van der Waals surface area contributed by atoms with E-state index in [2.05, 4.69) is 33.0 Å². The van der Waals surface area contributed by atoms with Gasteiger partial charge >= 0.3 is 0 Å². The topological polar surface area (TPSA) is 69.8 Å². The molecular formula is C15H18N4O. The highest BCUT2D eigenvalue weighted by molar-refractivity contribution is 5.82. The van der Waals surface area contributed by atoms with Crippen LogP contribution in [0.15, 0.2) is 30.5 Å². The van der Waals surface area contributed by atoms with E-state index in [9.17, 15) is 4.79 Å². The monoisotopic (exact) mass is 270 g/mol. The fourth-order valence-electron chi connectivity index (χ4n) is 2.50. The highest BCUT2D eigenvalue weighted by Gasteiger charge is 2.23. The zero-order valence-corrected chi connectivity index (χ0v) is 11.4. The third-order valence-electron chi connectivity index (χ3n) is 3.79. The number of benzene rings is 1. The normalized spacial score (nSPS) is 17.6. The third-order valence-corrected chi connectivity index (χ3v) is 3.79. The molecule has 3 N–H and O–H groups in total. The summed E-state index contributed by atoms with van der Waals surface area (Å²) < 4.78 is 0. The number of aromatic nitrogens is 2. The highest BCUT2D eigenvalue weighted by atomic mass is 16.2. The van der Waals surface area contributed by atoms with Crippen molar-refractivity contribution in [1.29, 1.82) is 0 Å². The summed E-state index contributed by atoms with van der Waals surface area (Å²) in [5, 5.41) is 13.1. The first kappa shape index (κ1) is 12.9. The van der Waals surface area contributed by atoms with E-state index in [-0.39, 0.29) is 11.9 Å². The number of H-pyrrole nitrogens is 1. The van der Waals surface area contributed by atoms with Crippen LogP contribution in [0, 0.1) is 6.92 Å². The molecule has 5 nitrogen and oxygen atoms in total. The van der Waals surface area contributed by atoms with Crippen molar-refractivity contribution >= 4 is 5.91 Å². The Morgan fingerprint density at radius 1 is 1.40 bits per heavy atom. The van der Waals surface area contributed by atoms with Crippen molar-refractivity contribution in [3.05, 3.63) is 52.8 Å². The molecule has 0 saturated carbocycles. The average molecular weight is 270 g/mol. The Morgan fingerprint density at radius 3 is 2.95 bits per heavy atom. The molecule has 1 amide bonds. The molecule has 0 saturated heterocycles. The van der Waals surface area contributed by atoms with Gasteiger partial charge < -0.3 is 10.6 Å². The van der Waals surface area contributed by atoms with Crippen LogP contribution in [0.4, 0.5) is 0 Å². The lowest BCUT2D eigenvalue weighted by atomic mass is 9.95. The van der Waals surface area contributed by atoms with Crippen LogP contribution in [0.3, 0.4) is 0 Å².